The molecule has 1 atom stereocenters. The third kappa shape index (κ3) is 4.44. The minimum absolute atomic E-state index is 0.0146. The van der Waals surface area contributed by atoms with Crippen LogP contribution in [0.25, 0.3) is 0 Å². The third-order valence-electron chi connectivity index (χ3n) is 4.22. The van der Waals surface area contributed by atoms with E-state index in [4.69, 9.17) is 5.73 Å². The first-order valence-electron chi connectivity index (χ1n) is 7.52. The minimum Gasteiger partial charge on any atom is -0.399 e. The maximum Gasteiger partial charge on any atom is 0.238 e. The number of hydrogen-bond acceptors (Lipinski definition) is 4. The van der Waals surface area contributed by atoms with E-state index in [-0.39, 0.29) is 12.0 Å². The molecular formula is C16H25N3O2. The molecule has 1 fully saturated rings. The van der Waals surface area contributed by atoms with Crippen molar-refractivity contribution in [1.29, 1.82) is 0 Å². The topological polar surface area (TPSA) is 78.6 Å². The summed E-state index contributed by atoms with van der Waals surface area (Å²) in [5.74, 6) is 0.347. The van der Waals surface area contributed by atoms with Crippen molar-refractivity contribution in [1.82, 2.24) is 4.90 Å². The Morgan fingerprint density at radius 1 is 1.48 bits per heavy atom. The average Bonchev–Trinajstić information content (AvgIpc) is 2.43. The van der Waals surface area contributed by atoms with Gasteiger partial charge in [0.05, 0.1) is 12.6 Å². The van der Waals surface area contributed by atoms with E-state index in [9.17, 15) is 9.90 Å². The van der Waals surface area contributed by atoms with Crippen molar-refractivity contribution in [2.75, 3.05) is 30.7 Å². The van der Waals surface area contributed by atoms with Crippen LogP contribution in [0.1, 0.15) is 25.3 Å². The van der Waals surface area contributed by atoms with Crippen LogP contribution < -0.4 is 11.1 Å². The molecule has 1 aromatic rings. The number of likely N-dealkylation sites (tertiary alicyclic amines) is 1. The molecule has 5 nitrogen and oxygen atoms in total. The fourth-order valence-corrected chi connectivity index (χ4v) is 2.76. The lowest BCUT2D eigenvalue weighted by Crippen LogP contribution is -2.41. The summed E-state index contributed by atoms with van der Waals surface area (Å²) >= 11 is 0. The van der Waals surface area contributed by atoms with Gasteiger partial charge in [-0.1, -0.05) is 6.07 Å². The number of piperidine rings is 1. The van der Waals surface area contributed by atoms with Gasteiger partial charge in [0.2, 0.25) is 5.91 Å². The highest BCUT2D eigenvalue weighted by atomic mass is 16.3. The zero-order chi connectivity index (χ0) is 15.4. The van der Waals surface area contributed by atoms with Crippen LogP contribution in [-0.4, -0.2) is 41.7 Å². The van der Waals surface area contributed by atoms with Crippen LogP contribution in [0.4, 0.5) is 11.4 Å². The second-order valence-corrected chi connectivity index (χ2v) is 5.98. The van der Waals surface area contributed by atoms with E-state index in [2.05, 4.69) is 10.2 Å². The summed E-state index contributed by atoms with van der Waals surface area (Å²) in [4.78, 5) is 14.3. The van der Waals surface area contributed by atoms with Crippen molar-refractivity contribution in [2.24, 2.45) is 5.92 Å². The van der Waals surface area contributed by atoms with Crippen molar-refractivity contribution in [3.63, 3.8) is 0 Å². The number of aliphatic hydroxyl groups is 1. The number of aryl methyl sites for hydroxylation is 1. The Kier molecular flexibility index (Phi) is 5.20. The molecule has 1 aliphatic heterocycles. The van der Waals surface area contributed by atoms with Crippen molar-refractivity contribution in [3.05, 3.63) is 23.8 Å². The molecule has 1 aromatic carbocycles. The lowest BCUT2D eigenvalue weighted by molar-refractivity contribution is -0.117. The van der Waals surface area contributed by atoms with Crippen LogP contribution in [-0.2, 0) is 4.79 Å². The number of nitrogen functional groups attached to an aromatic ring is 1. The molecule has 1 aliphatic rings. The Hall–Kier alpha value is -1.59. The van der Waals surface area contributed by atoms with Gasteiger partial charge < -0.3 is 16.2 Å². The summed E-state index contributed by atoms with van der Waals surface area (Å²) in [7, 11) is 0. The molecule has 0 bridgehead atoms. The highest BCUT2D eigenvalue weighted by Gasteiger charge is 2.23. The molecule has 2 rings (SSSR count). The van der Waals surface area contributed by atoms with Crippen LogP contribution in [0.5, 0.6) is 0 Å². The van der Waals surface area contributed by atoms with Gasteiger partial charge in [0, 0.05) is 11.4 Å². The van der Waals surface area contributed by atoms with Crippen LogP contribution >= 0.6 is 0 Å². The summed E-state index contributed by atoms with van der Waals surface area (Å²) in [6, 6.07) is 5.51. The molecular weight excluding hydrogens is 266 g/mol. The molecule has 1 heterocycles. The normalized spacial score (nSPS) is 18.4. The highest BCUT2D eigenvalue weighted by molar-refractivity contribution is 5.93. The van der Waals surface area contributed by atoms with Gasteiger partial charge in [0.25, 0.3) is 0 Å². The van der Waals surface area contributed by atoms with E-state index in [0.717, 1.165) is 37.2 Å². The molecule has 4 N–H and O–H groups in total. The van der Waals surface area contributed by atoms with Crippen molar-refractivity contribution in [2.45, 2.75) is 32.8 Å². The van der Waals surface area contributed by atoms with E-state index < -0.39 is 0 Å². The number of rotatable bonds is 4. The summed E-state index contributed by atoms with van der Waals surface area (Å²) in [6.07, 6.45) is 1.64. The lowest BCUT2D eigenvalue weighted by Gasteiger charge is -2.32. The highest BCUT2D eigenvalue weighted by Crippen LogP contribution is 2.21. The fourth-order valence-electron chi connectivity index (χ4n) is 2.76. The molecule has 5 heteroatoms. The van der Waals surface area contributed by atoms with Gasteiger partial charge in [-0.25, -0.2) is 0 Å². The second kappa shape index (κ2) is 6.91. The zero-order valence-corrected chi connectivity index (χ0v) is 12.8. The van der Waals surface area contributed by atoms with Gasteiger partial charge in [-0.2, -0.15) is 0 Å². The maximum atomic E-state index is 12.1. The Balaban J connectivity index is 1.84. The van der Waals surface area contributed by atoms with Crippen LogP contribution in [0.15, 0.2) is 18.2 Å². The predicted octanol–water partition coefficient (Wildman–Crippen LogP) is 1.61. The van der Waals surface area contributed by atoms with Crippen molar-refractivity contribution >= 4 is 17.3 Å². The summed E-state index contributed by atoms with van der Waals surface area (Å²) in [5.41, 5.74) is 8.17. The molecule has 1 amide bonds. The van der Waals surface area contributed by atoms with Gasteiger partial charge in [-0.05, 0) is 63.4 Å². The molecule has 0 spiro atoms. The molecule has 1 saturated heterocycles. The van der Waals surface area contributed by atoms with Gasteiger partial charge in [-0.15, -0.1) is 0 Å². The molecule has 0 saturated carbocycles. The van der Waals surface area contributed by atoms with E-state index in [1.165, 1.54) is 0 Å². The average molecular weight is 291 g/mol. The molecule has 0 radical (unpaired) electrons. The molecule has 21 heavy (non-hydrogen) atoms. The largest absolute Gasteiger partial charge is 0.399 e. The van der Waals surface area contributed by atoms with Crippen LogP contribution in [0, 0.1) is 12.8 Å². The number of amides is 1. The van der Waals surface area contributed by atoms with E-state index >= 15 is 0 Å². The van der Waals surface area contributed by atoms with Crippen LogP contribution in [0.2, 0.25) is 0 Å². The fraction of sp³-hybridized carbons (Fsp3) is 0.562. The van der Waals surface area contributed by atoms with Crippen molar-refractivity contribution < 1.29 is 9.90 Å². The Morgan fingerprint density at radius 3 is 2.76 bits per heavy atom. The number of anilines is 2. The summed E-state index contributed by atoms with van der Waals surface area (Å²) in [5, 5.41) is 12.5. The Labute approximate surface area is 126 Å². The third-order valence-corrected chi connectivity index (χ3v) is 4.22. The van der Waals surface area contributed by atoms with Gasteiger partial charge in [0.15, 0.2) is 0 Å². The number of aliphatic hydroxyl groups excluding tert-OH is 1. The molecule has 116 valence electrons. The zero-order valence-electron chi connectivity index (χ0n) is 12.8. The number of hydrogen-bond donors (Lipinski definition) is 3. The Morgan fingerprint density at radius 2 is 2.14 bits per heavy atom. The predicted molar refractivity (Wildman–Crippen MR) is 85.1 cm³/mol. The molecule has 0 aliphatic carbocycles. The number of carbonyl (C=O) groups is 1. The van der Waals surface area contributed by atoms with E-state index in [1.807, 2.05) is 26.0 Å². The molecule has 0 aromatic heterocycles. The number of carbonyl (C=O) groups excluding carboxylic acids is 1. The smallest absolute Gasteiger partial charge is 0.238 e. The standard InChI is InChI=1S/C16H25N3O2/c1-11-3-4-14(17)9-15(11)18-16(21)10-19-7-5-13(6-8-19)12(2)20/h3-4,9,12-13,20H,5-8,10,17H2,1-2H3,(H,18,21). The minimum atomic E-state index is -0.254. The van der Waals surface area contributed by atoms with Gasteiger partial charge in [0.1, 0.15) is 0 Å². The van der Waals surface area contributed by atoms with Crippen molar-refractivity contribution in [3.8, 4) is 0 Å². The Bertz CT molecular complexity index is 494. The van der Waals surface area contributed by atoms with E-state index in [0.29, 0.717) is 18.2 Å². The van der Waals surface area contributed by atoms with Gasteiger partial charge in [-0.3, -0.25) is 9.69 Å². The quantitative estimate of drug-likeness (QED) is 0.736. The number of nitrogens with one attached hydrogen (secondary N) is 1. The van der Waals surface area contributed by atoms with Crippen LogP contribution in [0.3, 0.4) is 0 Å². The molecule has 1 unspecified atom stereocenters. The number of nitrogens with zero attached hydrogens (tertiary/aromatic N) is 1. The maximum absolute atomic E-state index is 12.1. The first-order chi connectivity index (χ1) is 9.95. The number of benzene rings is 1. The number of nitrogens with two attached hydrogens (primary N) is 1. The van der Waals surface area contributed by atoms with Gasteiger partial charge >= 0.3 is 0 Å². The first kappa shape index (κ1) is 15.8. The summed E-state index contributed by atoms with van der Waals surface area (Å²) in [6.45, 7) is 5.90. The van der Waals surface area contributed by atoms with E-state index in [1.54, 1.807) is 6.07 Å². The first-order valence-corrected chi connectivity index (χ1v) is 7.52. The second-order valence-electron chi connectivity index (χ2n) is 5.98. The monoisotopic (exact) mass is 291 g/mol. The lowest BCUT2D eigenvalue weighted by atomic mass is 9.92. The SMILES string of the molecule is Cc1ccc(N)cc1NC(=O)CN1CCC(C(C)O)CC1. The summed E-state index contributed by atoms with van der Waals surface area (Å²) < 4.78 is 0.